The summed E-state index contributed by atoms with van der Waals surface area (Å²) in [5.41, 5.74) is 2.65. The summed E-state index contributed by atoms with van der Waals surface area (Å²) in [7, 11) is 3.05. The Hall–Kier alpha value is -2.82. The van der Waals surface area contributed by atoms with Crippen molar-refractivity contribution in [1.82, 2.24) is 4.90 Å². The number of nitriles is 1. The van der Waals surface area contributed by atoms with E-state index in [-0.39, 0.29) is 10.9 Å². The smallest absolute Gasteiger partial charge is 0.336 e. The fourth-order valence-electron chi connectivity index (χ4n) is 2.85. The molecule has 1 aromatic rings. The number of rotatable bonds is 3. The monoisotopic (exact) mass is 328 g/mol. The van der Waals surface area contributed by atoms with Gasteiger partial charge in [0.2, 0.25) is 0 Å². The highest BCUT2D eigenvalue weighted by atomic mass is 16.8. The fourth-order valence-corrected chi connectivity index (χ4v) is 2.85. The number of hydrogen-bond donors (Lipinski definition) is 1. The predicted molar refractivity (Wildman–Crippen MR) is 87.6 cm³/mol. The van der Waals surface area contributed by atoms with E-state index in [0.717, 1.165) is 0 Å². The first-order valence-corrected chi connectivity index (χ1v) is 7.23. The molecule has 0 fully saturated rings. The van der Waals surface area contributed by atoms with Crippen molar-refractivity contribution in [2.45, 2.75) is 19.8 Å². The zero-order valence-electron chi connectivity index (χ0n) is 13.9. The van der Waals surface area contributed by atoms with Crippen LogP contribution in [0.2, 0.25) is 0 Å². The standard InChI is InChI=1S/C17H18N3O4/c1-10-14(9-18)16(12-6-5-7-13(8-12)20(22)23)15(17(21)24-4)11(2)19(10)3/h5-8,16,22H,1-4H3/q-1/t16-/m0/s1. The Balaban J connectivity index is 2.72. The van der Waals surface area contributed by atoms with Crippen molar-refractivity contribution in [2.75, 3.05) is 19.4 Å². The number of nitrogens with zero attached hydrogens (tertiary/aromatic N) is 3. The second kappa shape index (κ2) is 6.74. The summed E-state index contributed by atoms with van der Waals surface area (Å²) in [6.07, 6.45) is 0. The number of carbonyl (C=O) groups excluding carboxylic acids is 1. The van der Waals surface area contributed by atoms with Crippen molar-refractivity contribution in [1.29, 1.82) is 5.26 Å². The molecule has 0 saturated heterocycles. The van der Waals surface area contributed by atoms with Gasteiger partial charge < -0.3 is 20.1 Å². The molecule has 0 saturated carbocycles. The zero-order chi connectivity index (χ0) is 18.0. The first-order chi connectivity index (χ1) is 11.3. The lowest BCUT2D eigenvalue weighted by Crippen LogP contribution is -2.30. The van der Waals surface area contributed by atoms with Crippen molar-refractivity contribution in [3.05, 3.63) is 57.6 Å². The Kier molecular flexibility index (Phi) is 4.93. The van der Waals surface area contributed by atoms with Crippen molar-refractivity contribution in [3.63, 3.8) is 0 Å². The maximum atomic E-state index is 12.3. The third kappa shape index (κ3) is 2.85. The van der Waals surface area contributed by atoms with Gasteiger partial charge in [0.25, 0.3) is 0 Å². The quantitative estimate of drug-likeness (QED) is 0.672. The van der Waals surface area contributed by atoms with E-state index in [2.05, 4.69) is 6.07 Å². The molecule has 2 rings (SSSR count). The van der Waals surface area contributed by atoms with Crippen LogP contribution in [0.4, 0.5) is 5.69 Å². The second-order valence-corrected chi connectivity index (χ2v) is 5.46. The minimum Gasteiger partial charge on any atom is -0.733 e. The van der Waals surface area contributed by atoms with Gasteiger partial charge in [-0.15, -0.1) is 0 Å². The number of allylic oxidation sites excluding steroid dienone is 3. The minimum absolute atomic E-state index is 0.0169. The minimum atomic E-state index is -0.668. The zero-order valence-corrected chi connectivity index (χ0v) is 13.9. The topological polar surface area (TPSA) is 99.9 Å². The molecule has 0 aromatic heterocycles. The van der Waals surface area contributed by atoms with E-state index in [4.69, 9.17) is 9.94 Å². The number of ether oxygens (including phenoxy) is 1. The van der Waals surface area contributed by atoms with Gasteiger partial charge in [-0.3, -0.25) is 5.21 Å². The van der Waals surface area contributed by atoms with Crippen molar-refractivity contribution < 1.29 is 14.7 Å². The molecule has 7 nitrogen and oxygen atoms in total. The summed E-state index contributed by atoms with van der Waals surface area (Å²) in [5, 5.41) is 29.7. The van der Waals surface area contributed by atoms with Crippen LogP contribution in [-0.2, 0) is 9.53 Å². The third-order valence-corrected chi connectivity index (χ3v) is 4.31. The maximum absolute atomic E-state index is 12.3. The van der Waals surface area contributed by atoms with Gasteiger partial charge in [0.15, 0.2) is 0 Å². The molecule has 0 unspecified atom stereocenters. The summed E-state index contributed by atoms with van der Waals surface area (Å²) < 4.78 is 4.89. The van der Waals surface area contributed by atoms with E-state index < -0.39 is 11.9 Å². The number of esters is 1. The summed E-state index contributed by atoms with van der Waals surface area (Å²) in [5.74, 6) is -1.21. The van der Waals surface area contributed by atoms with Crippen LogP contribution >= 0.6 is 0 Å². The van der Waals surface area contributed by atoms with Gasteiger partial charge in [0, 0.05) is 18.4 Å². The lowest BCUT2D eigenvalue weighted by atomic mass is 9.80. The molecular formula is C17H18N3O4-. The van der Waals surface area contributed by atoms with Gasteiger partial charge in [-0.05, 0) is 31.5 Å². The van der Waals surface area contributed by atoms with Gasteiger partial charge >= 0.3 is 5.97 Å². The third-order valence-electron chi connectivity index (χ3n) is 4.31. The normalized spacial score (nSPS) is 17.7. The summed E-state index contributed by atoms with van der Waals surface area (Å²) in [6.45, 7) is 3.56. The van der Waals surface area contributed by atoms with Crippen molar-refractivity contribution in [2.24, 2.45) is 0 Å². The van der Waals surface area contributed by atoms with E-state index in [1.807, 2.05) is 0 Å². The molecule has 1 N–H and O–H groups in total. The number of carbonyl (C=O) groups is 1. The average Bonchev–Trinajstić information content (AvgIpc) is 2.58. The molecule has 7 heteroatoms. The molecule has 126 valence electrons. The molecule has 0 bridgehead atoms. The fraction of sp³-hybridized carbons (Fsp3) is 0.294. The Labute approximate surface area is 140 Å². The number of methoxy groups -OCH3 is 1. The van der Waals surface area contributed by atoms with Crippen LogP contribution in [0.15, 0.2) is 46.8 Å². The highest BCUT2D eigenvalue weighted by Crippen LogP contribution is 2.41. The molecule has 1 aromatic carbocycles. The molecular weight excluding hydrogens is 310 g/mol. The summed E-state index contributed by atoms with van der Waals surface area (Å²) >= 11 is 0. The first-order valence-electron chi connectivity index (χ1n) is 7.23. The number of anilines is 1. The molecule has 1 atom stereocenters. The lowest BCUT2D eigenvalue weighted by Gasteiger charge is -2.34. The van der Waals surface area contributed by atoms with E-state index in [1.165, 1.54) is 19.2 Å². The van der Waals surface area contributed by atoms with E-state index in [1.54, 1.807) is 37.9 Å². The molecule has 1 heterocycles. The van der Waals surface area contributed by atoms with Crippen LogP contribution in [0, 0.1) is 16.5 Å². The van der Waals surface area contributed by atoms with Crippen molar-refractivity contribution >= 4 is 11.7 Å². The average molecular weight is 328 g/mol. The number of benzene rings is 1. The Morgan fingerprint density at radius 3 is 2.62 bits per heavy atom. The highest BCUT2D eigenvalue weighted by Gasteiger charge is 2.36. The van der Waals surface area contributed by atoms with Gasteiger partial charge in [0.05, 0.1) is 35.9 Å². The molecule has 1 aliphatic rings. The SMILES string of the molecule is COC(=O)C1=C(C)N(C)C(C)=C(C#N)[C@@H]1c1cccc(N([O-])O)c1. The van der Waals surface area contributed by atoms with Crippen LogP contribution in [0.25, 0.3) is 0 Å². The van der Waals surface area contributed by atoms with Crippen LogP contribution in [0.3, 0.4) is 0 Å². The van der Waals surface area contributed by atoms with Gasteiger partial charge in [0.1, 0.15) is 0 Å². The summed E-state index contributed by atoms with van der Waals surface area (Å²) in [6, 6.07) is 8.31. The maximum Gasteiger partial charge on any atom is 0.336 e. The van der Waals surface area contributed by atoms with Gasteiger partial charge in [-0.1, -0.05) is 12.1 Å². The lowest BCUT2D eigenvalue weighted by molar-refractivity contribution is -0.136. The van der Waals surface area contributed by atoms with E-state index >= 15 is 0 Å². The second-order valence-electron chi connectivity index (χ2n) is 5.46. The first kappa shape index (κ1) is 17.5. The van der Waals surface area contributed by atoms with Crippen LogP contribution in [0.1, 0.15) is 25.3 Å². The highest BCUT2D eigenvalue weighted by molar-refractivity contribution is 5.93. The van der Waals surface area contributed by atoms with E-state index in [9.17, 15) is 15.3 Å². The molecule has 0 radical (unpaired) electrons. The molecule has 1 aliphatic heterocycles. The number of hydrogen-bond acceptors (Lipinski definition) is 7. The van der Waals surface area contributed by atoms with E-state index in [0.29, 0.717) is 28.1 Å². The Morgan fingerprint density at radius 1 is 1.42 bits per heavy atom. The largest absolute Gasteiger partial charge is 0.733 e. The van der Waals surface area contributed by atoms with Crippen molar-refractivity contribution in [3.8, 4) is 6.07 Å². The Morgan fingerprint density at radius 2 is 2.08 bits per heavy atom. The predicted octanol–water partition coefficient (Wildman–Crippen LogP) is 2.65. The summed E-state index contributed by atoms with van der Waals surface area (Å²) in [4.78, 5) is 14.1. The molecule has 0 aliphatic carbocycles. The molecule has 0 spiro atoms. The Bertz CT molecular complexity index is 774. The van der Waals surface area contributed by atoms with Crippen LogP contribution < -0.4 is 5.23 Å². The molecule has 24 heavy (non-hydrogen) atoms. The molecule has 0 amide bonds. The van der Waals surface area contributed by atoms with Gasteiger partial charge in [-0.25, -0.2) is 4.79 Å². The van der Waals surface area contributed by atoms with Gasteiger partial charge in [-0.2, -0.15) is 5.26 Å². The van der Waals surface area contributed by atoms with Crippen LogP contribution in [-0.4, -0.2) is 30.2 Å². The van der Waals surface area contributed by atoms with Crippen LogP contribution in [0.5, 0.6) is 0 Å².